The van der Waals surface area contributed by atoms with E-state index >= 15 is 0 Å². The maximum Gasteiger partial charge on any atom is 0.124 e. The lowest BCUT2D eigenvalue weighted by atomic mass is 9.81. The zero-order chi connectivity index (χ0) is 13.5. The van der Waals surface area contributed by atoms with Crippen LogP contribution in [-0.4, -0.2) is 30.6 Å². The van der Waals surface area contributed by atoms with Gasteiger partial charge in [0.15, 0.2) is 0 Å². The zero-order valence-corrected chi connectivity index (χ0v) is 11.9. The van der Waals surface area contributed by atoms with Gasteiger partial charge in [0.2, 0.25) is 0 Å². The molecule has 1 aromatic carbocycles. The molecule has 0 aromatic heterocycles. The number of ether oxygens (including phenoxy) is 1. The summed E-state index contributed by atoms with van der Waals surface area (Å²) in [7, 11) is 0. The number of hydrogen-bond acceptors (Lipinski definition) is 3. The molecule has 1 fully saturated rings. The molecule has 19 heavy (non-hydrogen) atoms. The van der Waals surface area contributed by atoms with Gasteiger partial charge in [-0.3, -0.25) is 4.90 Å². The summed E-state index contributed by atoms with van der Waals surface area (Å²) in [4.78, 5) is 2.52. The minimum atomic E-state index is 0.0752. The highest BCUT2D eigenvalue weighted by molar-refractivity contribution is 5.38. The van der Waals surface area contributed by atoms with Crippen molar-refractivity contribution in [2.45, 2.75) is 38.8 Å². The van der Waals surface area contributed by atoms with Crippen molar-refractivity contribution < 1.29 is 4.74 Å². The summed E-state index contributed by atoms with van der Waals surface area (Å²) < 4.78 is 5.89. The third kappa shape index (κ3) is 2.49. The van der Waals surface area contributed by atoms with Crippen LogP contribution in [0, 0.1) is 5.41 Å². The van der Waals surface area contributed by atoms with Gasteiger partial charge in [-0.1, -0.05) is 32.0 Å². The number of likely N-dealkylation sites (tertiary alicyclic amines) is 1. The molecule has 2 atom stereocenters. The summed E-state index contributed by atoms with van der Waals surface area (Å²) in [6, 6.07) is 8.57. The maximum absolute atomic E-state index is 6.47. The van der Waals surface area contributed by atoms with Gasteiger partial charge in [-0.25, -0.2) is 0 Å². The molecule has 1 saturated heterocycles. The normalized spacial score (nSPS) is 30.5. The molecule has 2 aliphatic rings. The van der Waals surface area contributed by atoms with Gasteiger partial charge in [0.05, 0.1) is 12.1 Å². The van der Waals surface area contributed by atoms with Gasteiger partial charge >= 0.3 is 0 Å². The Morgan fingerprint density at radius 1 is 1.21 bits per heavy atom. The van der Waals surface area contributed by atoms with E-state index in [9.17, 15) is 0 Å². The molecule has 1 aromatic rings. The van der Waals surface area contributed by atoms with E-state index in [0.717, 1.165) is 31.0 Å². The van der Waals surface area contributed by atoms with Gasteiger partial charge < -0.3 is 10.5 Å². The highest BCUT2D eigenvalue weighted by Gasteiger charge is 2.35. The predicted octanol–water partition coefficient (Wildman–Crippen LogP) is 2.57. The molecule has 104 valence electrons. The minimum Gasteiger partial charge on any atom is -0.492 e. The summed E-state index contributed by atoms with van der Waals surface area (Å²) in [5.74, 6) is 0.962. The molecular formula is C16H24N2O. The first-order valence-electron chi connectivity index (χ1n) is 7.28. The monoisotopic (exact) mass is 260 g/mol. The number of nitrogens with two attached hydrogens (primary N) is 1. The molecule has 0 bridgehead atoms. The zero-order valence-electron chi connectivity index (χ0n) is 11.9. The predicted molar refractivity (Wildman–Crippen MR) is 77.2 cm³/mol. The first kappa shape index (κ1) is 12.9. The lowest BCUT2D eigenvalue weighted by Crippen LogP contribution is -2.52. The van der Waals surface area contributed by atoms with Crippen molar-refractivity contribution >= 4 is 0 Å². The molecule has 2 aliphatic heterocycles. The van der Waals surface area contributed by atoms with Crippen molar-refractivity contribution in [3.63, 3.8) is 0 Å². The van der Waals surface area contributed by atoms with Crippen LogP contribution in [0.2, 0.25) is 0 Å². The highest BCUT2D eigenvalue weighted by atomic mass is 16.5. The van der Waals surface area contributed by atoms with E-state index in [1.807, 2.05) is 18.2 Å². The van der Waals surface area contributed by atoms with Crippen molar-refractivity contribution in [1.82, 2.24) is 4.90 Å². The van der Waals surface area contributed by atoms with Gasteiger partial charge in [-0.05, 0) is 37.4 Å². The molecule has 3 heteroatoms. The number of hydrogen-bond donors (Lipinski definition) is 1. The Hall–Kier alpha value is -1.06. The number of nitrogens with zero attached hydrogens (tertiary/aromatic N) is 1. The van der Waals surface area contributed by atoms with E-state index in [0.29, 0.717) is 11.5 Å². The summed E-state index contributed by atoms with van der Waals surface area (Å²) in [6.07, 6.45) is 2.50. The molecule has 2 unspecified atom stereocenters. The second-order valence-corrected chi connectivity index (χ2v) is 6.64. The Morgan fingerprint density at radius 2 is 1.89 bits per heavy atom. The average molecular weight is 260 g/mol. The Kier molecular flexibility index (Phi) is 3.27. The molecule has 3 rings (SSSR count). The Balaban J connectivity index is 1.74. The number of piperidine rings is 1. The Bertz CT molecular complexity index is 448. The van der Waals surface area contributed by atoms with Gasteiger partial charge in [-0.15, -0.1) is 0 Å². The summed E-state index contributed by atoms with van der Waals surface area (Å²) >= 11 is 0. The highest BCUT2D eigenvalue weighted by Crippen LogP contribution is 2.36. The van der Waals surface area contributed by atoms with E-state index in [-0.39, 0.29) is 6.04 Å². The van der Waals surface area contributed by atoms with Crippen molar-refractivity contribution in [3.05, 3.63) is 29.8 Å². The standard InChI is InChI=1S/C16H24N2O/c1-16(2)7-9-18(10-8-16)13-11-19-14-6-4-3-5-12(14)15(13)17/h3-6,13,15H,7-11,17H2,1-2H3. The second kappa shape index (κ2) is 4.80. The van der Waals surface area contributed by atoms with Crippen LogP contribution in [-0.2, 0) is 0 Å². The molecule has 3 nitrogen and oxygen atoms in total. The summed E-state index contributed by atoms with van der Waals surface area (Å²) in [5, 5.41) is 0. The maximum atomic E-state index is 6.47. The molecular weight excluding hydrogens is 236 g/mol. The topological polar surface area (TPSA) is 38.5 Å². The number of rotatable bonds is 1. The Morgan fingerprint density at radius 3 is 2.63 bits per heavy atom. The quantitative estimate of drug-likeness (QED) is 0.843. The van der Waals surface area contributed by atoms with Gasteiger partial charge in [0.1, 0.15) is 12.4 Å². The lowest BCUT2D eigenvalue weighted by molar-refractivity contribution is 0.0466. The van der Waals surface area contributed by atoms with Crippen LogP contribution in [0.3, 0.4) is 0 Å². The Labute approximate surface area is 115 Å². The molecule has 0 spiro atoms. The number of fused-ring (bicyclic) bond motifs is 1. The van der Waals surface area contributed by atoms with Crippen LogP contribution >= 0.6 is 0 Å². The first-order chi connectivity index (χ1) is 9.07. The van der Waals surface area contributed by atoms with Crippen molar-refractivity contribution in [2.24, 2.45) is 11.1 Å². The SMILES string of the molecule is CC1(C)CCN(C2COc3ccccc3C2N)CC1. The molecule has 2 N–H and O–H groups in total. The lowest BCUT2D eigenvalue weighted by Gasteiger charge is -2.44. The molecule has 2 heterocycles. The van der Waals surface area contributed by atoms with E-state index in [2.05, 4.69) is 24.8 Å². The number of para-hydroxylation sites is 1. The first-order valence-corrected chi connectivity index (χ1v) is 7.28. The fraction of sp³-hybridized carbons (Fsp3) is 0.625. The van der Waals surface area contributed by atoms with Crippen molar-refractivity contribution in [1.29, 1.82) is 0 Å². The van der Waals surface area contributed by atoms with Crippen LogP contribution < -0.4 is 10.5 Å². The van der Waals surface area contributed by atoms with Crippen LogP contribution in [0.5, 0.6) is 5.75 Å². The van der Waals surface area contributed by atoms with E-state index in [1.54, 1.807) is 0 Å². The second-order valence-electron chi connectivity index (χ2n) is 6.64. The third-order valence-corrected chi connectivity index (χ3v) is 4.72. The summed E-state index contributed by atoms with van der Waals surface area (Å²) in [6.45, 7) is 7.71. The molecule has 0 aliphatic carbocycles. The molecule has 0 radical (unpaired) electrons. The van der Waals surface area contributed by atoms with E-state index < -0.39 is 0 Å². The average Bonchev–Trinajstić information content (AvgIpc) is 2.40. The smallest absolute Gasteiger partial charge is 0.124 e. The fourth-order valence-corrected chi connectivity index (χ4v) is 3.17. The van der Waals surface area contributed by atoms with Crippen molar-refractivity contribution in [3.8, 4) is 5.75 Å². The largest absolute Gasteiger partial charge is 0.492 e. The van der Waals surface area contributed by atoms with Crippen LogP contribution in [0.1, 0.15) is 38.3 Å². The van der Waals surface area contributed by atoms with Crippen LogP contribution in [0.25, 0.3) is 0 Å². The van der Waals surface area contributed by atoms with Gasteiger partial charge in [-0.2, -0.15) is 0 Å². The molecule has 0 saturated carbocycles. The van der Waals surface area contributed by atoms with Crippen molar-refractivity contribution in [2.75, 3.05) is 19.7 Å². The van der Waals surface area contributed by atoms with Crippen LogP contribution in [0.15, 0.2) is 24.3 Å². The van der Waals surface area contributed by atoms with E-state index in [1.165, 1.54) is 12.8 Å². The third-order valence-electron chi connectivity index (χ3n) is 4.72. The van der Waals surface area contributed by atoms with Gasteiger partial charge in [0.25, 0.3) is 0 Å². The summed E-state index contributed by atoms with van der Waals surface area (Å²) in [5.41, 5.74) is 8.10. The fourth-order valence-electron chi connectivity index (χ4n) is 3.17. The number of benzene rings is 1. The van der Waals surface area contributed by atoms with Gasteiger partial charge in [0, 0.05) is 5.56 Å². The minimum absolute atomic E-state index is 0.0752. The van der Waals surface area contributed by atoms with Crippen LogP contribution in [0.4, 0.5) is 0 Å². The molecule has 0 amide bonds. The van der Waals surface area contributed by atoms with E-state index in [4.69, 9.17) is 10.5 Å².